The molecule has 0 radical (unpaired) electrons. The van der Waals surface area contributed by atoms with Crippen LogP contribution in [0, 0.1) is 5.82 Å². The monoisotopic (exact) mass is 255 g/mol. The quantitative estimate of drug-likeness (QED) is 0.588. The molecule has 0 saturated heterocycles. The molecule has 1 aromatic rings. The lowest BCUT2D eigenvalue weighted by Crippen LogP contribution is -2.27. The fourth-order valence-electron chi connectivity index (χ4n) is 1.35. The maximum atomic E-state index is 12.8. The number of rotatable bonds is 5. The van der Waals surface area contributed by atoms with Gasteiger partial charge in [0.25, 0.3) is 0 Å². The molecule has 1 rings (SSSR count). The Hall–Kier alpha value is -1.98. The van der Waals surface area contributed by atoms with Gasteiger partial charge in [-0.15, -0.1) is 0 Å². The number of carbonyl (C=O) groups excluding carboxylic acids is 2. The maximum absolute atomic E-state index is 12.8. The normalized spacial score (nSPS) is 10.2. The molecule has 1 heterocycles. The minimum atomic E-state index is -1.27. The Morgan fingerprint density at radius 3 is 2.17 bits per heavy atom. The predicted molar refractivity (Wildman–Crippen MR) is 60.2 cm³/mol. The van der Waals surface area contributed by atoms with Gasteiger partial charge in [0.1, 0.15) is 5.82 Å². The molecule has 0 aliphatic carbocycles. The predicted octanol–water partition coefficient (Wildman–Crippen LogP) is 1.43. The molecule has 0 amide bonds. The molecular formula is C12H14FNO4. The van der Waals surface area contributed by atoms with Gasteiger partial charge in [-0.25, -0.2) is 4.39 Å². The minimum Gasteiger partial charge on any atom is -0.465 e. The van der Waals surface area contributed by atoms with E-state index in [4.69, 9.17) is 9.47 Å². The van der Waals surface area contributed by atoms with E-state index in [-0.39, 0.29) is 18.9 Å². The number of ether oxygens (including phenoxy) is 2. The minimum absolute atomic E-state index is 0.105. The van der Waals surface area contributed by atoms with Crippen molar-refractivity contribution in [1.82, 2.24) is 4.98 Å². The van der Waals surface area contributed by atoms with Gasteiger partial charge in [0, 0.05) is 0 Å². The van der Waals surface area contributed by atoms with Gasteiger partial charge in [0.2, 0.25) is 0 Å². The molecule has 0 spiro atoms. The first-order chi connectivity index (χ1) is 8.60. The van der Waals surface area contributed by atoms with Crippen molar-refractivity contribution in [3.63, 3.8) is 0 Å². The smallest absolute Gasteiger partial charge is 0.326 e. The number of aromatic nitrogens is 1. The Kier molecular flexibility index (Phi) is 5.23. The Morgan fingerprint density at radius 2 is 1.78 bits per heavy atom. The highest BCUT2D eigenvalue weighted by Gasteiger charge is 2.32. The van der Waals surface area contributed by atoms with Crippen LogP contribution >= 0.6 is 0 Å². The van der Waals surface area contributed by atoms with Crippen molar-refractivity contribution in [2.24, 2.45) is 0 Å². The Labute approximate surface area is 104 Å². The fraction of sp³-hybridized carbons (Fsp3) is 0.417. The first-order valence-corrected chi connectivity index (χ1v) is 5.54. The van der Waals surface area contributed by atoms with E-state index < -0.39 is 23.7 Å². The molecule has 0 N–H and O–H groups in total. The zero-order valence-electron chi connectivity index (χ0n) is 10.2. The third-order valence-electron chi connectivity index (χ3n) is 2.09. The van der Waals surface area contributed by atoms with Gasteiger partial charge in [-0.2, -0.15) is 0 Å². The lowest BCUT2D eigenvalue weighted by molar-refractivity contribution is -0.157. The van der Waals surface area contributed by atoms with E-state index in [9.17, 15) is 14.0 Å². The molecule has 5 nitrogen and oxygen atoms in total. The van der Waals surface area contributed by atoms with E-state index in [1.165, 1.54) is 6.07 Å². The first-order valence-electron chi connectivity index (χ1n) is 5.54. The summed E-state index contributed by atoms with van der Waals surface area (Å²) in [4.78, 5) is 27.1. The number of halogens is 1. The summed E-state index contributed by atoms with van der Waals surface area (Å²) in [5.41, 5.74) is 0.105. The molecule has 98 valence electrons. The highest BCUT2D eigenvalue weighted by atomic mass is 19.1. The number of hydrogen-bond donors (Lipinski definition) is 0. The molecule has 0 atom stereocenters. The molecular weight excluding hydrogens is 241 g/mol. The summed E-state index contributed by atoms with van der Waals surface area (Å²) in [5.74, 6) is -3.33. The summed E-state index contributed by atoms with van der Waals surface area (Å²) in [5, 5.41) is 0. The van der Waals surface area contributed by atoms with Crippen LogP contribution in [-0.2, 0) is 19.1 Å². The lowest BCUT2D eigenvalue weighted by atomic mass is 10.1. The van der Waals surface area contributed by atoms with Crippen LogP contribution in [0.1, 0.15) is 25.5 Å². The van der Waals surface area contributed by atoms with Crippen molar-refractivity contribution in [3.05, 3.63) is 29.8 Å². The van der Waals surface area contributed by atoms with Gasteiger partial charge in [-0.3, -0.25) is 14.6 Å². The van der Waals surface area contributed by atoms with Crippen LogP contribution in [0.15, 0.2) is 18.3 Å². The van der Waals surface area contributed by atoms with Crippen LogP contribution in [0.4, 0.5) is 4.39 Å². The lowest BCUT2D eigenvalue weighted by Gasteiger charge is -2.13. The number of carbonyl (C=O) groups is 2. The highest BCUT2D eigenvalue weighted by molar-refractivity contribution is 6.00. The fourth-order valence-corrected chi connectivity index (χ4v) is 1.35. The van der Waals surface area contributed by atoms with E-state index in [2.05, 4.69) is 4.98 Å². The second-order valence-electron chi connectivity index (χ2n) is 3.34. The third-order valence-corrected chi connectivity index (χ3v) is 2.09. The molecule has 1 aromatic heterocycles. The maximum Gasteiger partial charge on any atom is 0.326 e. The summed E-state index contributed by atoms with van der Waals surface area (Å²) in [6.07, 6.45) is 0.931. The summed E-state index contributed by atoms with van der Waals surface area (Å²) in [6, 6.07) is 2.38. The molecule has 6 heteroatoms. The molecule has 0 aromatic carbocycles. The topological polar surface area (TPSA) is 65.5 Å². The first kappa shape index (κ1) is 14.1. The second kappa shape index (κ2) is 6.68. The molecule has 0 aliphatic rings. The molecule has 18 heavy (non-hydrogen) atoms. The average Bonchev–Trinajstić information content (AvgIpc) is 2.33. The van der Waals surface area contributed by atoms with Crippen molar-refractivity contribution in [1.29, 1.82) is 0 Å². The molecule has 0 fully saturated rings. The largest absolute Gasteiger partial charge is 0.465 e. The van der Waals surface area contributed by atoms with Crippen LogP contribution in [0.3, 0.4) is 0 Å². The van der Waals surface area contributed by atoms with Crippen LogP contribution in [-0.4, -0.2) is 30.1 Å². The van der Waals surface area contributed by atoms with Crippen LogP contribution in [0.2, 0.25) is 0 Å². The van der Waals surface area contributed by atoms with Gasteiger partial charge in [-0.1, -0.05) is 0 Å². The zero-order valence-corrected chi connectivity index (χ0v) is 10.2. The van der Waals surface area contributed by atoms with Gasteiger partial charge < -0.3 is 9.47 Å². The van der Waals surface area contributed by atoms with Crippen LogP contribution in [0.25, 0.3) is 0 Å². The number of esters is 2. The number of pyridine rings is 1. The second-order valence-corrected chi connectivity index (χ2v) is 3.34. The SMILES string of the molecule is CCOC(=O)C(C(=O)OCC)c1ccc(F)cn1. The van der Waals surface area contributed by atoms with E-state index >= 15 is 0 Å². The van der Waals surface area contributed by atoms with E-state index in [1.807, 2.05) is 0 Å². The van der Waals surface area contributed by atoms with Crippen LogP contribution in [0.5, 0.6) is 0 Å². The average molecular weight is 255 g/mol. The highest BCUT2D eigenvalue weighted by Crippen LogP contribution is 2.17. The zero-order chi connectivity index (χ0) is 13.5. The standard InChI is InChI=1S/C12H14FNO4/c1-3-17-11(15)10(12(16)18-4-2)9-6-5-8(13)7-14-9/h5-7,10H,3-4H2,1-2H3. The Bertz CT molecular complexity index is 401. The molecule has 0 bridgehead atoms. The number of hydrogen-bond acceptors (Lipinski definition) is 5. The van der Waals surface area contributed by atoms with E-state index in [0.717, 1.165) is 12.3 Å². The Balaban J connectivity index is 2.99. The van der Waals surface area contributed by atoms with Gasteiger partial charge in [-0.05, 0) is 26.0 Å². The van der Waals surface area contributed by atoms with Crippen molar-refractivity contribution in [2.45, 2.75) is 19.8 Å². The molecule has 0 saturated carbocycles. The summed E-state index contributed by atoms with van der Waals surface area (Å²) in [7, 11) is 0. The third kappa shape index (κ3) is 3.51. The summed E-state index contributed by atoms with van der Waals surface area (Å²) in [6.45, 7) is 3.52. The van der Waals surface area contributed by atoms with E-state index in [1.54, 1.807) is 13.8 Å². The van der Waals surface area contributed by atoms with E-state index in [0.29, 0.717) is 0 Å². The van der Waals surface area contributed by atoms with Crippen molar-refractivity contribution < 1.29 is 23.5 Å². The van der Waals surface area contributed by atoms with Crippen molar-refractivity contribution in [3.8, 4) is 0 Å². The Morgan fingerprint density at radius 1 is 1.22 bits per heavy atom. The van der Waals surface area contributed by atoms with Crippen molar-refractivity contribution >= 4 is 11.9 Å². The van der Waals surface area contributed by atoms with Crippen molar-refractivity contribution in [2.75, 3.05) is 13.2 Å². The van der Waals surface area contributed by atoms with Crippen LogP contribution < -0.4 is 0 Å². The molecule has 0 aliphatic heterocycles. The van der Waals surface area contributed by atoms with Gasteiger partial charge in [0.05, 0.1) is 25.1 Å². The summed E-state index contributed by atoms with van der Waals surface area (Å²) >= 11 is 0. The van der Waals surface area contributed by atoms with Gasteiger partial charge in [0.15, 0.2) is 5.92 Å². The molecule has 0 unspecified atom stereocenters. The summed E-state index contributed by atoms with van der Waals surface area (Å²) < 4.78 is 22.3. The van der Waals surface area contributed by atoms with Gasteiger partial charge >= 0.3 is 11.9 Å². The number of nitrogens with zero attached hydrogens (tertiary/aromatic N) is 1.